The lowest BCUT2D eigenvalue weighted by atomic mass is 10.4. The highest BCUT2D eigenvalue weighted by Crippen LogP contribution is 2.55. The molecule has 3 aromatic rings. The highest BCUT2D eigenvalue weighted by Gasteiger charge is 2.47. The molecule has 0 aromatic heterocycles. The lowest BCUT2D eigenvalue weighted by molar-refractivity contribution is -0.108. The maximum absolute atomic E-state index is 12.8. The third-order valence-electron chi connectivity index (χ3n) is 4.26. The summed E-state index contributed by atoms with van der Waals surface area (Å²) in [7, 11) is -2.01. The molecule has 0 aliphatic heterocycles. The molecule has 0 radical (unpaired) electrons. The van der Waals surface area contributed by atoms with Crippen LogP contribution in [0, 0.1) is 0 Å². The van der Waals surface area contributed by atoms with Crippen LogP contribution >= 0.6 is 19.0 Å². The average Bonchev–Trinajstić information content (AvgIpc) is 2.68. The van der Waals surface area contributed by atoms with E-state index in [0.717, 1.165) is 5.75 Å². The predicted molar refractivity (Wildman–Crippen MR) is 113 cm³/mol. The van der Waals surface area contributed by atoms with Crippen molar-refractivity contribution in [2.75, 3.05) is 11.9 Å². The van der Waals surface area contributed by atoms with Gasteiger partial charge in [0.05, 0.1) is 0 Å². The molecule has 25 heavy (non-hydrogen) atoms. The van der Waals surface area contributed by atoms with Gasteiger partial charge in [-0.1, -0.05) is 73.3 Å². The quantitative estimate of drug-likeness (QED) is 0.607. The first-order valence-electron chi connectivity index (χ1n) is 8.48. The second-order valence-electron chi connectivity index (χ2n) is 5.78. The first-order valence-corrected chi connectivity index (χ1v) is 11.4. The van der Waals surface area contributed by atoms with E-state index in [1.54, 1.807) is 0 Å². The van der Waals surface area contributed by atoms with E-state index in [2.05, 4.69) is 72.8 Å². The van der Waals surface area contributed by atoms with Gasteiger partial charge in [0.15, 0.2) is 0 Å². The molecule has 3 heteroatoms. The van der Waals surface area contributed by atoms with Crippen LogP contribution in [0.25, 0.3) is 0 Å². The first-order chi connectivity index (χ1) is 12.3. The molecular weight excluding hydrogens is 343 g/mol. The van der Waals surface area contributed by atoms with Crippen LogP contribution < -0.4 is 15.9 Å². The molecule has 0 heterocycles. The van der Waals surface area contributed by atoms with Gasteiger partial charge < -0.3 is 0 Å². The van der Waals surface area contributed by atoms with Gasteiger partial charge in [-0.25, -0.2) is 0 Å². The monoisotopic (exact) mass is 365 g/mol. The molecule has 0 bridgehead atoms. The minimum Gasteiger partial charge on any atom is -0.283 e. The highest BCUT2D eigenvalue weighted by atomic mass is 32.2. The van der Waals surface area contributed by atoms with Crippen molar-refractivity contribution in [3.63, 3.8) is 0 Å². The van der Waals surface area contributed by atoms with Crippen LogP contribution in [0.2, 0.25) is 0 Å². The second-order valence-corrected chi connectivity index (χ2v) is 10.6. The molecule has 3 rings (SSSR count). The summed E-state index contributed by atoms with van der Waals surface area (Å²) in [5.74, 6) is 0.817. The second kappa shape index (κ2) is 8.47. The Labute approximate surface area is 154 Å². The van der Waals surface area contributed by atoms with Gasteiger partial charge in [-0.2, -0.15) is 0 Å². The average molecular weight is 365 g/mol. The third kappa shape index (κ3) is 3.86. The summed E-state index contributed by atoms with van der Waals surface area (Å²) in [6, 6.07) is 31.6. The number of benzene rings is 3. The summed E-state index contributed by atoms with van der Waals surface area (Å²) >= 11 is 1.43. The lowest BCUT2D eigenvalue weighted by Crippen LogP contribution is -2.35. The zero-order chi connectivity index (χ0) is 17.5. The van der Waals surface area contributed by atoms with Gasteiger partial charge in [-0.3, -0.25) is 4.79 Å². The SMILES string of the molecule is CCSC(=O)C[P+](c1ccccc1)(c1ccccc1)c1ccccc1. The summed E-state index contributed by atoms with van der Waals surface area (Å²) in [6.07, 6.45) is 0.559. The Kier molecular flexibility index (Phi) is 6.07. The Morgan fingerprint density at radius 3 is 1.40 bits per heavy atom. The van der Waals surface area contributed by atoms with Crippen LogP contribution in [-0.2, 0) is 4.79 Å². The lowest BCUT2D eigenvalue weighted by Gasteiger charge is -2.26. The van der Waals surface area contributed by atoms with Gasteiger partial charge in [-0.15, -0.1) is 0 Å². The van der Waals surface area contributed by atoms with Gasteiger partial charge in [0.2, 0.25) is 5.12 Å². The number of hydrogen-bond donors (Lipinski definition) is 0. The van der Waals surface area contributed by atoms with E-state index in [1.807, 2.05) is 25.1 Å². The summed E-state index contributed by atoms with van der Waals surface area (Å²) in [4.78, 5) is 12.8. The smallest absolute Gasteiger partial charge is 0.227 e. The molecule has 0 N–H and O–H groups in total. The van der Waals surface area contributed by atoms with Crippen LogP contribution in [0.15, 0.2) is 91.0 Å². The Balaban J connectivity index is 2.26. The van der Waals surface area contributed by atoms with Crippen molar-refractivity contribution >= 4 is 40.1 Å². The van der Waals surface area contributed by atoms with Crippen molar-refractivity contribution in [3.8, 4) is 0 Å². The van der Waals surface area contributed by atoms with Crippen LogP contribution in [0.5, 0.6) is 0 Å². The van der Waals surface area contributed by atoms with Gasteiger partial charge in [0.25, 0.3) is 0 Å². The Bertz CT molecular complexity index is 707. The van der Waals surface area contributed by atoms with Crippen molar-refractivity contribution in [3.05, 3.63) is 91.0 Å². The number of hydrogen-bond acceptors (Lipinski definition) is 2. The summed E-state index contributed by atoms with van der Waals surface area (Å²) in [5.41, 5.74) is 0. The standard InChI is InChI=1S/C22H22OPS/c1-2-25-22(23)18-24(19-12-6-3-7-13-19,20-14-8-4-9-15-20)21-16-10-5-11-17-21/h3-17H,2,18H2,1H3/q+1. The minimum atomic E-state index is -2.01. The van der Waals surface area contributed by atoms with Crippen molar-refractivity contribution in [2.24, 2.45) is 0 Å². The van der Waals surface area contributed by atoms with Crippen molar-refractivity contribution in [1.82, 2.24) is 0 Å². The van der Waals surface area contributed by atoms with E-state index in [4.69, 9.17) is 0 Å². The molecule has 0 spiro atoms. The van der Waals surface area contributed by atoms with Crippen LogP contribution in [0.4, 0.5) is 0 Å². The molecule has 0 atom stereocenters. The van der Waals surface area contributed by atoms with Crippen molar-refractivity contribution < 1.29 is 4.79 Å². The molecule has 126 valence electrons. The number of rotatable bonds is 6. The third-order valence-corrected chi connectivity index (χ3v) is 9.53. The molecule has 0 aliphatic carbocycles. The Hall–Kier alpha value is -1.89. The fourth-order valence-corrected chi connectivity index (χ4v) is 8.31. The van der Waals surface area contributed by atoms with Gasteiger partial charge >= 0.3 is 0 Å². The molecule has 0 amide bonds. The molecule has 3 aromatic carbocycles. The van der Waals surface area contributed by atoms with E-state index < -0.39 is 7.26 Å². The molecule has 0 saturated carbocycles. The van der Waals surface area contributed by atoms with Gasteiger partial charge in [0, 0.05) is 0 Å². The van der Waals surface area contributed by atoms with Crippen LogP contribution in [-0.4, -0.2) is 17.0 Å². The van der Waals surface area contributed by atoms with Gasteiger partial charge in [-0.05, 0) is 42.2 Å². The molecule has 0 aliphatic rings. The van der Waals surface area contributed by atoms with E-state index in [9.17, 15) is 4.79 Å². The fraction of sp³-hybridized carbons (Fsp3) is 0.136. The summed E-state index contributed by atoms with van der Waals surface area (Å²) in [6.45, 7) is 2.04. The van der Waals surface area contributed by atoms with Crippen molar-refractivity contribution in [2.45, 2.75) is 6.92 Å². The molecule has 0 unspecified atom stereocenters. The van der Waals surface area contributed by atoms with E-state index in [1.165, 1.54) is 27.7 Å². The summed E-state index contributed by atoms with van der Waals surface area (Å²) in [5, 5.41) is 4.06. The van der Waals surface area contributed by atoms with E-state index >= 15 is 0 Å². The minimum absolute atomic E-state index is 0.271. The van der Waals surface area contributed by atoms with Crippen LogP contribution in [0.3, 0.4) is 0 Å². The Morgan fingerprint density at radius 2 is 1.08 bits per heavy atom. The first kappa shape index (κ1) is 17.9. The largest absolute Gasteiger partial charge is 0.283 e. The number of carbonyl (C=O) groups excluding carboxylic acids is 1. The fourth-order valence-electron chi connectivity index (χ4n) is 3.17. The van der Waals surface area contributed by atoms with E-state index in [-0.39, 0.29) is 5.12 Å². The Morgan fingerprint density at radius 1 is 0.720 bits per heavy atom. The molecule has 0 saturated heterocycles. The zero-order valence-corrected chi connectivity index (χ0v) is 16.0. The number of carbonyl (C=O) groups is 1. The summed E-state index contributed by atoms with van der Waals surface area (Å²) < 4.78 is 0. The molecule has 1 nitrogen and oxygen atoms in total. The molecule has 0 fully saturated rings. The maximum Gasteiger partial charge on any atom is 0.227 e. The maximum atomic E-state index is 12.8. The molecular formula is C22H22OPS+. The predicted octanol–water partition coefficient (Wildman–Crippen LogP) is 4.26. The highest BCUT2D eigenvalue weighted by molar-refractivity contribution is 8.15. The zero-order valence-electron chi connectivity index (χ0n) is 14.3. The normalized spacial score (nSPS) is 11.2. The number of thioether (sulfide) groups is 1. The van der Waals surface area contributed by atoms with Crippen molar-refractivity contribution in [1.29, 1.82) is 0 Å². The van der Waals surface area contributed by atoms with E-state index in [0.29, 0.717) is 6.16 Å². The van der Waals surface area contributed by atoms with Gasteiger partial charge in [0.1, 0.15) is 29.3 Å². The topological polar surface area (TPSA) is 17.1 Å². The van der Waals surface area contributed by atoms with Crippen LogP contribution in [0.1, 0.15) is 6.92 Å².